The van der Waals surface area contributed by atoms with E-state index in [0.717, 1.165) is 12.8 Å². The molecule has 0 aromatic carbocycles. The predicted molar refractivity (Wildman–Crippen MR) is 42.8 cm³/mol. The maximum Gasteiger partial charge on any atom is 0.0951 e. The van der Waals surface area contributed by atoms with Crippen molar-refractivity contribution in [3.8, 4) is 0 Å². The van der Waals surface area contributed by atoms with Gasteiger partial charge in [0.1, 0.15) is 0 Å². The Morgan fingerprint density at radius 2 is 2.50 bits per heavy atom. The van der Waals surface area contributed by atoms with Crippen molar-refractivity contribution >= 4 is 0 Å². The Hall–Kier alpha value is -0.460. The van der Waals surface area contributed by atoms with Crippen LogP contribution in [0.5, 0.6) is 0 Å². The summed E-state index contributed by atoms with van der Waals surface area (Å²) in [6.07, 6.45) is 7.38. The minimum Gasteiger partial charge on any atom is -0.495 e. The van der Waals surface area contributed by atoms with Gasteiger partial charge in [0.25, 0.3) is 0 Å². The van der Waals surface area contributed by atoms with E-state index in [1.165, 1.54) is 18.6 Å². The highest BCUT2D eigenvalue weighted by atomic mass is 16.5. The smallest absolute Gasteiger partial charge is 0.0951 e. The third kappa shape index (κ3) is 2.05. The zero-order chi connectivity index (χ0) is 7.40. The maximum absolute atomic E-state index is 5.62. The molecule has 1 unspecified atom stereocenters. The summed E-state index contributed by atoms with van der Waals surface area (Å²) in [7, 11) is 0. The molecule has 1 heteroatoms. The monoisotopic (exact) mass is 140 g/mol. The average molecular weight is 140 g/mol. The molecule has 0 spiro atoms. The van der Waals surface area contributed by atoms with E-state index in [2.05, 4.69) is 19.9 Å². The zero-order valence-electron chi connectivity index (χ0n) is 6.89. The Morgan fingerprint density at radius 3 is 3.00 bits per heavy atom. The summed E-state index contributed by atoms with van der Waals surface area (Å²) in [5.41, 5.74) is 0. The van der Waals surface area contributed by atoms with Crippen molar-refractivity contribution in [3.63, 3.8) is 0 Å². The number of ether oxygens (including phenoxy) is 1. The summed E-state index contributed by atoms with van der Waals surface area (Å²) in [6.45, 7) is 4.28. The van der Waals surface area contributed by atoms with Gasteiger partial charge >= 0.3 is 0 Å². The molecule has 1 aliphatic rings. The van der Waals surface area contributed by atoms with Crippen LogP contribution in [-0.4, -0.2) is 6.10 Å². The number of hydrogen-bond acceptors (Lipinski definition) is 1. The first kappa shape index (κ1) is 7.64. The molecule has 0 heterocycles. The van der Waals surface area contributed by atoms with Gasteiger partial charge in [0.05, 0.1) is 11.9 Å². The highest BCUT2D eigenvalue weighted by Gasteiger charge is 2.07. The van der Waals surface area contributed by atoms with E-state index >= 15 is 0 Å². The predicted octanol–water partition coefficient (Wildman–Crippen LogP) is 2.87. The second-order valence-corrected chi connectivity index (χ2v) is 2.90. The fourth-order valence-corrected chi connectivity index (χ4v) is 1.09. The lowest BCUT2D eigenvalue weighted by atomic mass is 10.3. The van der Waals surface area contributed by atoms with Crippen molar-refractivity contribution in [1.29, 1.82) is 0 Å². The van der Waals surface area contributed by atoms with Crippen LogP contribution in [0, 0.1) is 0 Å². The summed E-state index contributed by atoms with van der Waals surface area (Å²) in [5, 5.41) is 0. The van der Waals surface area contributed by atoms with Crippen LogP contribution in [0.1, 0.15) is 39.5 Å². The standard InChI is InChI=1S/C9H16O/c1-3-8(2)10-9-6-4-5-7-9/h6,8H,3-5,7H2,1-2H3. The van der Waals surface area contributed by atoms with Crippen molar-refractivity contribution in [2.24, 2.45) is 0 Å². The lowest BCUT2D eigenvalue weighted by Crippen LogP contribution is -2.04. The summed E-state index contributed by atoms with van der Waals surface area (Å²) < 4.78 is 5.62. The second-order valence-electron chi connectivity index (χ2n) is 2.90. The van der Waals surface area contributed by atoms with Gasteiger partial charge in [0.15, 0.2) is 0 Å². The molecule has 0 amide bonds. The normalized spacial score (nSPS) is 20.4. The Bertz CT molecular complexity index is 127. The first-order valence-corrected chi connectivity index (χ1v) is 4.18. The molecule has 0 N–H and O–H groups in total. The molecule has 0 aliphatic heterocycles. The zero-order valence-corrected chi connectivity index (χ0v) is 6.89. The molecule has 0 saturated heterocycles. The van der Waals surface area contributed by atoms with Crippen molar-refractivity contribution < 1.29 is 4.74 Å². The van der Waals surface area contributed by atoms with E-state index < -0.39 is 0 Å². The SMILES string of the molecule is CCC(C)OC1=CCCC1. The summed E-state index contributed by atoms with van der Waals surface area (Å²) in [4.78, 5) is 0. The molecule has 1 atom stereocenters. The van der Waals surface area contributed by atoms with Gasteiger partial charge in [-0.15, -0.1) is 0 Å². The van der Waals surface area contributed by atoms with Crippen LogP contribution in [-0.2, 0) is 4.74 Å². The minimum atomic E-state index is 0.407. The average Bonchev–Trinajstić information content (AvgIpc) is 2.40. The number of hydrogen-bond donors (Lipinski definition) is 0. The van der Waals surface area contributed by atoms with Gasteiger partial charge in [0.2, 0.25) is 0 Å². The van der Waals surface area contributed by atoms with Crippen molar-refractivity contribution in [3.05, 3.63) is 11.8 Å². The number of rotatable bonds is 3. The fraction of sp³-hybridized carbons (Fsp3) is 0.778. The van der Waals surface area contributed by atoms with E-state index in [1.807, 2.05) is 0 Å². The molecule has 1 rings (SSSR count). The van der Waals surface area contributed by atoms with E-state index in [-0.39, 0.29) is 0 Å². The Morgan fingerprint density at radius 1 is 1.70 bits per heavy atom. The van der Waals surface area contributed by atoms with Crippen LogP contribution in [0.4, 0.5) is 0 Å². The van der Waals surface area contributed by atoms with Gasteiger partial charge in [-0.25, -0.2) is 0 Å². The highest BCUT2D eigenvalue weighted by molar-refractivity contribution is 4.99. The van der Waals surface area contributed by atoms with Gasteiger partial charge in [-0.05, 0) is 32.3 Å². The van der Waals surface area contributed by atoms with Crippen LogP contribution >= 0.6 is 0 Å². The molecule has 10 heavy (non-hydrogen) atoms. The molecule has 0 aromatic heterocycles. The van der Waals surface area contributed by atoms with E-state index in [0.29, 0.717) is 6.10 Å². The van der Waals surface area contributed by atoms with Gasteiger partial charge in [0, 0.05) is 6.42 Å². The molecule has 0 aromatic rings. The van der Waals surface area contributed by atoms with Gasteiger partial charge in [-0.1, -0.05) is 6.92 Å². The molecule has 0 saturated carbocycles. The molecule has 58 valence electrons. The molecule has 1 aliphatic carbocycles. The lowest BCUT2D eigenvalue weighted by molar-refractivity contribution is 0.124. The molecule has 0 bridgehead atoms. The quantitative estimate of drug-likeness (QED) is 0.585. The van der Waals surface area contributed by atoms with Gasteiger partial charge in [-0.3, -0.25) is 0 Å². The topological polar surface area (TPSA) is 9.23 Å². The summed E-state index contributed by atoms with van der Waals surface area (Å²) in [6, 6.07) is 0. The van der Waals surface area contributed by atoms with E-state index in [9.17, 15) is 0 Å². The first-order chi connectivity index (χ1) is 4.83. The lowest BCUT2D eigenvalue weighted by Gasteiger charge is -2.12. The van der Waals surface area contributed by atoms with Crippen LogP contribution in [0.15, 0.2) is 11.8 Å². The van der Waals surface area contributed by atoms with Gasteiger partial charge in [-0.2, -0.15) is 0 Å². The third-order valence-electron chi connectivity index (χ3n) is 1.93. The van der Waals surface area contributed by atoms with Crippen LogP contribution in [0.3, 0.4) is 0 Å². The molecular weight excluding hydrogens is 124 g/mol. The van der Waals surface area contributed by atoms with Crippen molar-refractivity contribution in [1.82, 2.24) is 0 Å². The highest BCUT2D eigenvalue weighted by Crippen LogP contribution is 2.20. The molecule has 0 radical (unpaired) electrons. The van der Waals surface area contributed by atoms with Crippen LogP contribution in [0.2, 0.25) is 0 Å². The fourth-order valence-electron chi connectivity index (χ4n) is 1.09. The van der Waals surface area contributed by atoms with Gasteiger partial charge < -0.3 is 4.74 Å². The van der Waals surface area contributed by atoms with E-state index in [1.54, 1.807) is 0 Å². The Balaban J connectivity index is 2.23. The Kier molecular flexibility index (Phi) is 2.79. The third-order valence-corrected chi connectivity index (χ3v) is 1.93. The molecule has 1 nitrogen and oxygen atoms in total. The Labute approximate surface area is 63.1 Å². The summed E-state index contributed by atoms with van der Waals surface area (Å²) in [5.74, 6) is 1.22. The van der Waals surface area contributed by atoms with E-state index in [4.69, 9.17) is 4.74 Å². The summed E-state index contributed by atoms with van der Waals surface area (Å²) >= 11 is 0. The largest absolute Gasteiger partial charge is 0.495 e. The number of allylic oxidation sites excluding steroid dienone is 2. The van der Waals surface area contributed by atoms with Crippen molar-refractivity contribution in [2.45, 2.75) is 45.6 Å². The first-order valence-electron chi connectivity index (χ1n) is 4.18. The molecule has 0 fully saturated rings. The van der Waals surface area contributed by atoms with Crippen LogP contribution in [0.25, 0.3) is 0 Å². The van der Waals surface area contributed by atoms with Crippen molar-refractivity contribution in [2.75, 3.05) is 0 Å². The minimum absolute atomic E-state index is 0.407. The maximum atomic E-state index is 5.62. The second kappa shape index (κ2) is 3.65. The van der Waals surface area contributed by atoms with Crippen LogP contribution < -0.4 is 0 Å². The molecular formula is C9H16O.